The number of nitrogen functional groups attached to an aromatic ring is 1. The molecule has 190 valence electrons. The van der Waals surface area contributed by atoms with E-state index in [0.717, 1.165) is 28.0 Å². The van der Waals surface area contributed by atoms with Gasteiger partial charge in [0.2, 0.25) is 0 Å². The summed E-state index contributed by atoms with van der Waals surface area (Å²) >= 11 is 3.48. The fraction of sp³-hybridized carbons (Fsp3) is 0.333. The van der Waals surface area contributed by atoms with Crippen molar-refractivity contribution in [2.75, 3.05) is 24.3 Å². The number of carboxylic acids is 1. The van der Waals surface area contributed by atoms with E-state index >= 15 is 0 Å². The first-order valence-electron chi connectivity index (χ1n) is 10.0. The number of oxime groups is 1. The van der Waals surface area contributed by atoms with Gasteiger partial charge < -0.3 is 21.0 Å². The highest BCUT2D eigenvalue weighted by atomic mass is 32.2. The summed E-state index contributed by atoms with van der Waals surface area (Å²) in [6, 6.07) is -0.988. The Hall–Kier alpha value is -3.64. The number of aliphatic carboxylic acids is 1. The van der Waals surface area contributed by atoms with Crippen LogP contribution in [0.4, 0.5) is 5.13 Å². The van der Waals surface area contributed by atoms with Gasteiger partial charge in [0.15, 0.2) is 10.8 Å². The van der Waals surface area contributed by atoms with Crippen LogP contribution in [0.15, 0.2) is 36.6 Å². The molecule has 4 heterocycles. The number of anilines is 1. The van der Waals surface area contributed by atoms with E-state index in [-0.39, 0.29) is 33.7 Å². The number of aromatic amines is 2. The molecule has 6 N–H and O–H groups in total. The number of rotatable bonds is 8. The molecule has 2 aliphatic heterocycles. The van der Waals surface area contributed by atoms with E-state index in [4.69, 9.17) is 10.6 Å². The molecule has 0 radical (unpaired) electrons. The molecule has 36 heavy (non-hydrogen) atoms. The molecule has 15 nitrogen and oxygen atoms in total. The van der Waals surface area contributed by atoms with Gasteiger partial charge in [-0.05, 0) is 17.3 Å². The summed E-state index contributed by atoms with van der Waals surface area (Å²) in [6.45, 7) is 0. The van der Waals surface area contributed by atoms with E-state index in [1.165, 1.54) is 36.0 Å². The Labute approximate surface area is 213 Å². The molecule has 2 aromatic heterocycles. The van der Waals surface area contributed by atoms with E-state index in [2.05, 4.69) is 25.5 Å². The molecule has 0 spiro atoms. The number of carbonyl (C=O) groups is 3. The Kier molecular flexibility index (Phi) is 7.18. The number of fused-ring (bicyclic) bond motifs is 1. The fourth-order valence-electron chi connectivity index (χ4n) is 3.48. The Bertz CT molecular complexity index is 1430. The summed E-state index contributed by atoms with van der Waals surface area (Å²) in [6.07, 6.45) is 0. The van der Waals surface area contributed by atoms with E-state index in [0.29, 0.717) is 10.7 Å². The van der Waals surface area contributed by atoms with Gasteiger partial charge in [0, 0.05) is 16.9 Å². The summed E-state index contributed by atoms with van der Waals surface area (Å²) in [5.41, 5.74) is 4.22. The second-order valence-electron chi connectivity index (χ2n) is 7.36. The zero-order valence-corrected chi connectivity index (χ0v) is 21.1. The van der Waals surface area contributed by atoms with Gasteiger partial charge in [-0.1, -0.05) is 5.16 Å². The minimum atomic E-state index is -1.30. The Balaban J connectivity index is 1.51. The lowest BCUT2D eigenvalue weighted by molar-refractivity contribution is -0.771. The smallest absolute Gasteiger partial charge is 0.400 e. The maximum Gasteiger partial charge on any atom is 0.400 e. The van der Waals surface area contributed by atoms with Gasteiger partial charge in [0.05, 0.1) is 0 Å². The number of nitrogens with one attached hydrogen (secondary N) is 3. The molecule has 0 aliphatic carbocycles. The molecule has 18 heteroatoms. The van der Waals surface area contributed by atoms with E-state index < -0.39 is 40.3 Å². The monoisotopic (exact) mass is 555 g/mol. The summed E-state index contributed by atoms with van der Waals surface area (Å²) in [5.74, 6) is -2.23. The van der Waals surface area contributed by atoms with Crippen LogP contribution < -0.4 is 26.9 Å². The van der Waals surface area contributed by atoms with Gasteiger partial charge in [-0.3, -0.25) is 19.3 Å². The molecule has 2 aromatic rings. The van der Waals surface area contributed by atoms with Crippen molar-refractivity contribution in [3.8, 4) is 0 Å². The minimum absolute atomic E-state index is 0.133. The number of thiazole rings is 1. The van der Waals surface area contributed by atoms with Gasteiger partial charge in [-0.2, -0.15) is 14.8 Å². The van der Waals surface area contributed by atoms with Gasteiger partial charge in [0.1, 0.15) is 37.0 Å². The van der Waals surface area contributed by atoms with Crippen LogP contribution in [-0.4, -0.2) is 78.6 Å². The SMILES string of the molecule is CO/N=C(/C(=O)N[C@@H]1C(=O)N2C(C(=O)O)=C(CSc3[nH]c(=O)c(=O)[nH][n+]3C)CS[C@H]12)c1csc(N)n1. The number of hydrogen-bond acceptors (Lipinski definition) is 12. The number of hydrogen-bond donors (Lipinski definition) is 5. The van der Waals surface area contributed by atoms with E-state index in [1.807, 2.05) is 0 Å². The van der Waals surface area contributed by atoms with Crippen molar-refractivity contribution in [1.29, 1.82) is 0 Å². The molecule has 0 unspecified atom stereocenters. The van der Waals surface area contributed by atoms with Crippen LogP contribution in [0.5, 0.6) is 0 Å². The molecule has 0 bridgehead atoms. The van der Waals surface area contributed by atoms with Crippen LogP contribution in [0.25, 0.3) is 0 Å². The standard InChI is InChI=1S/C18H18N8O7S3/c1-25-18(22-12(28)13(29)23-25)36-4-6-3-34-15-9(14(30)26(15)10(6)16(31)32)21-11(27)8(24-33-2)7-5-35-17(19)20-7/h5,9,15H,3-4H2,1-2H3,(H5,19,20,21,23,27,29,31,32)/p+1/b24-8+/t9-,15-/m1/s1. The number of H-pyrrole nitrogens is 2. The van der Waals surface area contributed by atoms with Crippen molar-refractivity contribution < 1.29 is 29.0 Å². The summed E-state index contributed by atoms with van der Waals surface area (Å²) in [4.78, 5) is 73.1. The second-order valence-corrected chi connectivity index (χ2v) is 10.3. The molecule has 2 atom stereocenters. The highest BCUT2D eigenvalue weighted by Crippen LogP contribution is 2.41. The van der Waals surface area contributed by atoms with Gasteiger partial charge in [-0.25, -0.2) is 14.6 Å². The zero-order valence-electron chi connectivity index (χ0n) is 18.6. The predicted octanol–water partition coefficient (Wildman–Crippen LogP) is -2.19. The lowest BCUT2D eigenvalue weighted by Crippen LogP contribution is -2.71. The number of nitrogens with two attached hydrogens (primary N) is 1. The van der Waals surface area contributed by atoms with Crippen molar-refractivity contribution in [3.05, 3.63) is 43.1 Å². The molecule has 1 fully saturated rings. The third-order valence-corrected chi connectivity index (χ3v) is 8.24. The Morgan fingerprint density at radius 3 is 2.81 bits per heavy atom. The minimum Gasteiger partial charge on any atom is -0.477 e. The summed E-state index contributed by atoms with van der Waals surface area (Å²) in [7, 11) is 2.77. The topological polar surface area (TPSA) is 217 Å². The first-order valence-corrected chi connectivity index (χ1v) is 12.9. The van der Waals surface area contributed by atoms with Crippen LogP contribution in [0.1, 0.15) is 5.69 Å². The van der Waals surface area contributed by atoms with Crippen LogP contribution in [0.3, 0.4) is 0 Å². The first kappa shape index (κ1) is 25.5. The largest absolute Gasteiger partial charge is 0.477 e. The molecule has 2 aliphatic rings. The third kappa shape index (κ3) is 4.73. The number of thioether (sulfide) groups is 2. The highest BCUT2D eigenvalue weighted by molar-refractivity contribution is 8.01. The molecule has 1 saturated heterocycles. The maximum atomic E-state index is 12.9. The summed E-state index contributed by atoms with van der Waals surface area (Å²) in [5, 5.41) is 19.8. The van der Waals surface area contributed by atoms with Crippen molar-refractivity contribution in [2.45, 2.75) is 16.6 Å². The number of aryl methyl sites for hydroxylation is 1. The molecular weight excluding hydrogens is 536 g/mol. The third-order valence-electron chi connectivity index (χ3n) is 5.08. The lowest BCUT2D eigenvalue weighted by Gasteiger charge is -2.49. The Morgan fingerprint density at radius 2 is 2.17 bits per heavy atom. The van der Waals surface area contributed by atoms with Crippen molar-refractivity contribution in [1.82, 2.24) is 25.3 Å². The van der Waals surface area contributed by atoms with Crippen LogP contribution in [-0.2, 0) is 26.3 Å². The Morgan fingerprint density at radius 1 is 1.42 bits per heavy atom. The zero-order chi connectivity index (χ0) is 26.1. The highest BCUT2D eigenvalue weighted by Gasteiger charge is 2.54. The van der Waals surface area contributed by atoms with Gasteiger partial charge >= 0.3 is 22.2 Å². The number of carboxylic acid groups (broad SMARTS) is 1. The van der Waals surface area contributed by atoms with Crippen LogP contribution in [0, 0.1) is 0 Å². The second kappa shape index (κ2) is 10.2. The normalized spacial score (nSPS) is 19.6. The molecule has 4 rings (SSSR count). The van der Waals surface area contributed by atoms with E-state index in [1.54, 1.807) is 0 Å². The number of aromatic nitrogens is 4. The van der Waals surface area contributed by atoms with Gasteiger partial charge in [-0.15, -0.1) is 23.1 Å². The number of carbonyl (C=O) groups excluding carboxylic acids is 2. The van der Waals surface area contributed by atoms with Crippen molar-refractivity contribution in [2.24, 2.45) is 12.2 Å². The maximum absolute atomic E-state index is 12.9. The quantitative estimate of drug-likeness (QED) is 0.0588. The molecule has 0 saturated carbocycles. The predicted molar refractivity (Wildman–Crippen MR) is 129 cm³/mol. The molecule has 2 amide bonds. The fourth-order valence-corrected chi connectivity index (χ4v) is 6.45. The van der Waals surface area contributed by atoms with Crippen LogP contribution >= 0.6 is 34.9 Å². The van der Waals surface area contributed by atoms with Crippen molar-refractivity contribution >= 4 is 63.5 Å². The molecular formula is C18H19N8O7S3+. The van der Waals surface area contributed by atoms with Crippen LogP contribution in [0.2, 0.25) is 0 Å². The number of amides is 2. The average Bonchev–Trinajstić information content (AvgIpc) is 3.27. The first-order chi connectivity index (χ1) is 17.1. The molecule has 0 aromatic carbocycles. The number of nitrogens with zero attached hydrogens (tertiary/aromatic N) is 4. The van der Waals surface area contributed by atoms with E-state index in [9.17, 15) is 29.1 Å². The van der Waals surface area contributed by atoms with Gasteiger partial charge in [0.25, 0.3) is 11.8 Å². The number of β-lactam (4-membered cyclic amide) rings is 1. The average molecular weight is 556 g/mol. The lowest BCUT2D eigenvalue weighted by atomic mass is 10.0. The van der Waals surface area contributed by atoms with Crippen molar-refractivity contribution in [3.63, 3.8) is 0 Å². The summed E-state index contributed by atoms with van der Waals surface area (Å²) < 4.78 is 1.31.